The van der Waals surface area contributed by atoms with Crippen molar-refractivity contribution in [2.24, 2.45) is 5.92 Å². The van der Waals surface area contributed by atoms with Gasteiger partial charge >= 0.3 is 0 Å². The van der Waals surface area contributed by atoms with Gasteiger partial charge in [-0.2, -0.15) is 0 Å². The molecule has 9 heteroatoms. The Morgan fingerprint density at radius 2 is 2.04 bits per heavy atom. The third kappa shape index (κ3) is 6.17. The third-order valence-corrected chi connectivity index (χ3v) is 5.78. The molecule has 1 heterocycles. The topological polar surface area (TPSA) is 42.0 Å². The Morgan fingerprint density at radius 1 is 1.32 bits per heavy atom. The minimum Gasteiger partial charge on any atom is -0.312 e. The van der Waals surface area contributed by atoms with E-state index in [0.717, 1.165) is 31.6 Å². The normalized spacial score (nSPS) is 16.2. The Labute approximate surface area is 167 Å². The van der Waals surface area contributed by atoms with Gasteiger partial charge in [0.05, 0.1) is 17.2 Å². The van der Waals surface area contributed by atoms with Crippen LogP contribution in [-0.4, -0.2) is 42.8 Å². The lowest BCUT2D eigenvalue weighted by Crippen LogP contribution is -2.41. The summed E-state index contributed by atoms with van der Waals surface area (Å²) in [7, 11) is 1.47. The maximum atomic E-state index is 13.0. The van der Waals surface area contributed by atoms with Crippen molar-refractivity contribution in [3.05, 3.63) is 28.2 Å². The Hall–Kier alpha value is -0.210. The number of hydrogen-bond acceptors (Lipinski definition) is 5. The Balaban J connectivity index is 2.04. The molecule has 0 aromatic heterocycles. The van der Waals surface area contributed by atoms with Crippen molar-refractivity contribution in [3.8, 4) is 0 Å². The van der Waals surface area contributed by atoms with Crippen LogP contribution in [0.15, 0.2) is 18.2 Å². The summed E-state index contributed by atoms with van der Waals surface area (Å²) in [4.78, 5) is 19.4. The molecular weight excluding hydrogens is 407 g/mol. The van der Waals surface area contributed by atoms with Gasteiger partial charge in [-0.05, 0) is 37.5 Å². The summed E-state index contributed by atoms with van der Waals surface area (Å²) in [6, 6.07) is 5.26. The largest absolute Gasteiger partial charge is 0.312 e. The highest BCUT2D eigenvalue weighted by molar-refractivity contribution is 7.92. The first kappa shape index (κ1) is 21.1. The van der Waals surface area contributed by atoms with Gasteiger partial charge in [-0.3, -0.25) is 4.79 Å². The first-order valence-corrected chi connectivity index (χ1v) is 10.0. The molecule has 0 N–H and O–H groups in total. The molecule has 2 rings (SSSR count). The number of carbonyl (C=O) groups is 1. The highest BCUT2D eigenvalue weighted by Crippen LogP contribution is 2.30. The van der Waals surface area contributed by atoms with Crippen LogP contribution in [-0.2, 0) is 14.0 Å². The molecule has 1 aliphatic heterocycles. The number of piperidine rings is 1. The van der Waals surface area contributed by atoms with Crippen molar-refractivity contribution < 1.29 is 14.0 Å². The van der Waals surface area contributed by atoms with Crippen LogP contribution in [0.4, 0.5) is 5.69 Å². The van der Waals surface area contributed by atoms with Gasteiger partial charge in [-0.1, -0.05) is 23.2 Å². The van der Waals surface area contributed by atoms with E-state index in [1.807, 2.05) is 10.4 Å². The van der Waals surface area contributed by atoms with Gasteiger partial charge in [0.15, 0.2) is 0 Å². The van der Waals surface area contributed by atoms with Gasteiger partial charge in [0.2, 0.25) is 5.91 Å². The summed E-state index contributed by atoms with van der Waals surface area (Å²) in [5, 5.41) is 0.907. The molecule has 0 bridgehead atoms. The van der Waals surface area contributed by atoms with Crippen LogP contribution in [0.1, 0.15) is 19.3 Å². The predicted octanol–water partition coefficient (Wildman–Crippen LogP) is 4.81. The van der Waals surface area contributed by atoms with E-state index in [1.54, 1.807) is 17.0 Å². The zero-order valence-corrected chi connectivity index (χ0v) is 17.0. The van der Waals surface area contributed by atoms with E-state index in [1.165, 1.54) is 19.3 Å². The second-order valence-electron chi connectivity index (χ2n) is 5.64. The molecule has 0 saturated carbocycles. The van der Waals surface area contributed by atoms with Crippen molar-refractivity contribution >= 4 is 58.6 Å². The highest BCUT2D eigenvalue weighted by Gasteiger charge is 2.30. The van der Waals surface area contributed by atoms with Crippen LogP contribution in [0, 0.1) is 5.92 Å². The number of halogens is 3. The maximum absolute atomic E-state index is 13.0. The first-order valence-electron chi connectivity index (χ1n) is 8.01. The molecule has 0 aliphatic carbocycles. The number of rotatable bonds is 8. The molecule has 1 amide bonds. The molecular formula is C16H21Cl3N2O3S. The van der Waals surface area contributed by atoms with Gasteiger partial charge in [0.1, 0.15) is 12.2 Å². The predicted molar refractivity (Wildman–Crippen MR) is 104 cm³/mol. The number of alkyl halides is 1. The fourth-order valence-electron chi connectivity index (χ4n) is 2.71. The maximum Gasteiger partial charge on any atom is 0.230 e. The van der Waals surface area contributed by atoms with Gasteiger partial charge in [-0.25, -0.2) is 9.19 Å². The minimum atomic E-state index is -0.0378. The van der Waals surface area contributed by atoms with E-state index in [-0.39, 0.29) is 11.8 Å². The molecule has 25 heavy (non-hydrogen) atoms. The standard InChI is InChI=1S/C16H21Cl3N2O3S/c1-23-24-25-20-9-5-12(6-10-20)16(22)21(8-2-7-17)13-3-4-14(18)15(19)11-13/h3-4,11-12H,2,5-10H2,1H3. The zero-order chi connectivity index (χ0) is 18.2. The number of amides is 1. The SMILES string of the molecule is COOSN1CCC(C(=O)N(CCCCl)c2ccc(Cl)c(Cl)c2)CC1. The monoisotopic (exact) mass is 426 g/mol. The second-order valence-corrected chi connectivity index (χ2v) is 7.64. The van der Waals surface area contributed by atoms with Crippen LogP contribution in [0.5, 0.6) is 0 Å². The van der Waals surface area contributed by atoms with E-state index < -0.39 is 0 Å². The molecule has 0 radical (unpaired) electrons. The number of carbonyl (C=O) groups excluding carboxylic acids is 1. The van der Waals surface area contributed by atoms with Crippen LogP contribution >= 0.6 is 47.0 Å². The Morgan fingerprint density at radius 3 is 2.64 bits per heavy atom. The molecule has 1 fully saturated rings. The minimum absolute atomic E-state index is 0.0378. The molecule has 140 valence electrons. The average molecular weight is 428 g/mol. The van der Waals surface area contributed by atoms with E-state index >= 15 is 0 Å². The van der Waals surface area contributed by atoms with Crippen molar-refractivity contribution in [2.45, 2.75) is 19.3 Å². The van der Waals surface area contributed by atoms with Crippen molar-refractivity contribution in [2.75, 3.05) is 37.5 Å². The summed E-state index contributed by atoms with van der Waals surface area (Å²) in [6.07, 6.45) is 2.24. The lowest BCUT2D eigenvalue weighted by atomic mass is 9.96. The molecule has 5 nitrogen and oxygen atoms in total. The molecule has 1 aliphatic rings. The number of benzene rings is 1. The Bertz CT molecular complexity index is 572. The van der Waals surface area contributed by atoms with Gasteiger partial charge in [-0.15, -0.1) is 15.9 Å². The quantitative estimate of drug-likeness (QED) is 0.196. The second kappa shape index (κ2) is 10.8. The summed E-state index contributed by atoms with van der Waals surface area (Å²) in [5.41, 5.74) is 0.754. The smallest absolute Gasteiger partial charge is 0.230 e. The first-order chi connectivity index (χ1) is 12.1. The summed E-state index contributed by atoms with van der Waals surface area (Å²) >= 11 is 19.1. The summed E-state index contributed by atoms with van der Waals surface area (Å²) in [6.45, 7) is 2.08. The van der Waals surface area contributed by atoms with Gasteiger partial charge < -0.3 is 4.90 Å². The van der Waals surface area contributed by atoms with E-state index in [0.29, 0.717) is 28.9 Å². The van der Waals surface area contributed by atoms with Gasteiger partial charge in [0.25, 0.3) is 0 Å². The lowest BCUT2D eigenvalue weighted by Gasteiger charge is -2.33. The molecule has 1 aromatic carbocycles. The lowest BCUT2D eigenvalue weighted by molar-refractivity contribution is -0.164. The van der Waals surface area contributed by atoms with E-state index in [9.17, 15) is 4.79 Å². The number of nitrogens with zero attached hydrogens (tertiary/aromatic N) is 2. The molecule has 1 saturated heterocycles. The van der Waals surface area contributed by atoms with Crippen LogP contribution in [0.2, 0.25) is 10.0 Å². The third-order valence-electron chi connectivity index (χ3n) is 4.00. The van der Waals surface area contributed by atoms with Gasteiger partial charge in [0, 0.05) is 37.1 Å². The van der Waals surface area contributed by atoms with E-state index in [2.05, 4.69) is 4.89 Å². The fraction of sp³-hybridized carbons (Fsp3) is 0.562. The fourth-order valence-corrected chi connectivity index (χ4v) is 3.63. The zero-order valence-electron chi connectivity index (χ0n) is 13.9. The summed E-state index contributed by atoms with van der Waals surface area (Å²) < 4.78 is 6.91. The van der Waals surface area contributed by atoms with Crippen molar-refractivity contribution in [3.63, 3.8) is 0 Å². The highest BCUT2D eigenvalue weighted by atomic mass is 35.5. The molecule has 1 aromatic rings. The molecule has 0 atom stereocenters. The number of anilines is 1. The molecule has 0 spiro atoms. The Kier molecular flexibility index (Phi) is 9.13. The van der Waals surface area contributed by atoms with Crippen LogP contribution < -0.4 is 4.90 Å². The number of hydrogen-bond donors (Lipinski definition) is 0. The van der Waals surface area contributed by atoms with Crippen molar-refractivity contribution in [1.29, 1.82) is 0 Å². The van der Waals surface area contributed by atoms with Crippen LogP contribution in [0.25, 0.3) is 0 Å². The molecule has 0 unspecified atom stereocenters. The van der Waals surface area contributed by atoms with Crippen LogP contribution in [0.3, 0.4) is 0 Å². The summed E-state index contributed by atoms with van der Waals surface area (Å²) in [5.74, 6) is 0.555. The van der Waals surface area contributed by atoms with E-state index in [4.69, 9.17) is 39.1 Å². The van der Waals surface area contributed by atoms with Crippen molar-refractivity contribution in [1.82, 2.24) is 4.31 Å². The average Bonchev–Trinajstić information content (AvgIpc) is 2.63.